The average Bonchev–Trinajstić information content (AvgIpc) is 2.39. The lowest BCUT2D eigenvalue weighted by molar-refractivity contribution is -0.117. The largest absolute Gasteiger partial charge is 0.478 e. The Bertz CT molecular complexity index is 476. The number of carbonyl (C=O) groups excluding carboxylic acids is 1. The van der Waals surface area contributed by atoms with Gasteiger partial charge in [0.25, 0.3) is 0 Å². The lowest BCUT2D eigenvalue weighted by Gasteiger charge is -2.35. The highest BCUT2D eigenvalue weighted by Gasteiger charge is 2.42. The first kappa shape index (κ1) is 13.1. The van der Waals surface area contributed by atoms with Crippen LogP contribution in [0.25, 0.3) is 0 Å². The van der Waals surface area contributed by atoms with Crippen LogP contribution in [-0.4, -0.2) is 16.3 Å². The first-order valence-corrected chi connectivity index (χ1v) is 6.48. The molecule has 0 spiro atoms. The molecule has 0 unspecified atom stereocenters. The molecule has 0 aliphatic heterocycles. The van der Waals surface area contributed by atoms with Crippen LogP contribution in [0.15, 0.2) is 24.3 Å². The van der Waals surface area contributed by atoms with E-state index >= 15 is 0 Å². The highest BCUT2D eigenvalue weighted by molar-refractivity contribution is 6.65. The van der Waals surface area contributed by atoms with Gasteiger partial charge in [0.2, 0.25) is 5.24 Å². The maximum absolute atomic E-state index is 11.9. The minimum Gasteiger partial charge on any atom is -0.478 e. The predicted octanol–water partition coefficient (Wildman–Crippen LogP) is 3.35. The minimum atomic E-state index is -1.01. The van der Waals surface area contributed by atoms with Gasteiger partial charge < -0.3 is 5.11 Å². The third-order valence-electron chi connectivity index (χ3n) is 3.76. The summed E-state index contributed by atoms with van der Waals surface area (Å²) in [7, 11) is 0. The predicted molar refractivity (Wildman–Crippen MR) is 69.0 cm³/mol. The Kier molecular flexibility index (Phi) is 3.71. The van der Waals surface area contributed by atoms with Crippen LogP contribution in [0.2, 0.25) is 0 Å². The number of rotatable bonds is 3. The van der Waals surface area contributed by atoms with E-state index in [9.17, 15) is 14.7 Å². The third kappa shape index (κ3) is 2.15. The number of hydrogen-bond donors (Lipinski definition) is 1. The average molecular weight is 267 g/mol. The number of aromatic carboxylic acids is 1. The molecule has 0 atom stereocenters. The molecule has 2 rings (SSSR count). The molecule has 1 aromatic carbocycles. The summed E-state index contributed by atoms with van der Waals surface area (Å²) in [5.41, 5.74) is -0.0555. The summed E-state index contributed by atoms with van der Waals surface area (Å²) in [6, 6.07) is 6.68. The van der Waals surface area contributed by atoms with Gasteiger partial charge in [-0.1, -0.05) is 37.5 Å². The molecule has 0 amide bonds. The van der Waals surface area contributed by atoms with Crippen LogP contribution < -0.4 is 0 Å². The zero-order valence-electron chi connectivity index (χ0n) is 9.99. The highest BCUT2D eigenvalue weighted by Crippen LogP contribution is 2.42. The van der Waals surface area contributed by atoms with Crippen LogP contribution in [-0.2, 0) is 10.2 Å². The fourth-order valence-corrected chi connectivity index (χ4v) is 3.10. The molecule has 0 bridgehead atoms. The zero-order valence-corrected chi connectivity index (χ0v) is 10.7. The van der Waals surface area contributed by atoms with Crippen molar-refractivity contribution < 1.29 is 14.7 Å². The quantitative estimate of drug-likeness (QED) is 0.854. The standard InChI is InChI=1S/C14H15ClO3/c15-13(18)14(8-4-1-5-9-14)11-7-3-2-6-10(11)12(16)17/h2-3,6-7H,1,4-5,8-9H2,(H,16,17). The van der Waals surface area contributed by atoms with E-state index in [1.807, 2.05) is 0 Å². The van der Waals surface area contributed by atoms with E-state index in [4.69, 9.17) is 11.6 Å². The first-order valence-electron chi connectivity index (χ1n) is 6.11. The maximum Gasteiger partial charge on any atom is 0.335 e. The smallest absolute Gasteiger partial charge is 0.335 e. The van der Waals surface area contributed by atoms with Crippen molar-refractivity contribution in [2.45, 2.75) is 37.5 Å². The van der Waals surface area contributed by atoms with Crippen molar-refractivity contribution in [2.24, 2.45) is 0 Å². The molecule has 4 heteroatoms. The maximum atomic E-state index is 11.9. The van der Waals surface area contributed by atoms with E-state index < -0.39 is 16.6 Å². The second-order valence-electron chi connectivity index (χ2n) is 4.77. The van der Waals surface area contributed by atoms with Gasteiger partial charge in [-0.05, 0) is 36.1 Å². The minimum absolute atomic E-state index is 0.188. The summed E-state index contributed by atoms with van der Waals surface area (Å²) in [6.07, 6.45) is 4.17. The molecule has 0 radical (unpaired) electrons. The Labute approximate surface area is 111 Å². The molecule has 1 aromatic rings. The summed E-state index contributed by atoms with van der Waals surface area (Å²) in [5, 5.41) is 8.80. The molecule has 1 fully saturated rings. The summed E-state index contributed by atoms with van der Waals surface area (Å²) in [5.74, 6) is -1.01. The van der Waals surface area contributed by atoms with Crippen LogP contribution in [0, 0.1) is 0 Å². The van der Waals surface area contributed by atoms with Gasteiger partial charge in [0.15, 0.2) is 0 Å². The summed E-state index contributed by atoms with van der Waals surface area (Å²) >= 11 is 5.79. The monoisotopic (exact) mass is 266 g/mol. The Morgan fingerprint density at radius 3 is 2.28 bits per heavy atom. The van der Waals surface area contributed by atoms with Gasteiger partial charge in [0, 0.05) is 0 Å². The van der Waals surface area contributed by atoms with Gasteiger partial charge in [-0.2, -0.15) is 0 Å². The van der Waals surface area contributed by atoms with Crippen molar-refractivity contribution in [3.8, 4) is 0 Å². The van der Waals surface area contributed by atoms with E-state index in [0.717, 1.165) is 19.3 Å². The zero-order chi connectivity index (χ0) is 13.2. The molecule has 96 valence electrons. The van der Waals surface area contributed by atoms with Crippen LogP contribution in [0.1, 0.15) is 48.0 Å². The Morgan fingerprint density at radius 2 is 1.72 bits per heavy atom. The van der Waals surface area contributed by atoms with Crippen molar-refractivity contribution >= 4 is 22.8 Å². The molecule has 1 aliphatic rings. The van der Waals surface area contributed by atoms with Crippen molar-refractivity contribution in [3.05, 3.63) is 35.4 Å². The van der Waals surface area contributed by atoms with Gasteiger partial charge >= 0.3 is 5.97 Å². The molecule has 0 saturated heterocycles. The van der Waals surface area contributed by atoms with E-state index in [1.165, 1.54) is 6.07 Å². The number of benzene rings is 1. The number of hydrogen-bond acceptors (Lipinski definition) is 2. The summed E-state index contributed by atoms with van der Waals surface area (Å²) in [4.78, 5) is 23.1. The first-order chi connectivity index (χ1) is 8.58. The SMILES string of the molecule is O=C(O)c1ccccc1C1(C(=O)Cl)CCCCC1. The van der Waals surface area contributed by atoms with Crippen LogP contribution in [0.5, 0.6) is 0 Å². The topological polar surface area (TPSA) is 54.4 Å². The van der Waals surface area contributed by atoms with Gasteiger partial charge in [-0.25, -0.2) is 4.79 Å². The van der Waals surface area contributed by atoms with Gasteiger partial charge in [-0.3, -0.25) is 4.79 Å². The molecule has 1 aliphatic carbocycles. The lowest BCUT2D eigenvalue weighted by atomic mass is 9.69. The second-order valence-corrected chi connectivity index (χ2v) is 5.11. The summed E-state index contributed by atoms with van der Waals surface area (Å²) in [6.45, 7) is 0. The molecular weight excluding hydrogens is 252 g/mol. The summed E-state index contributed by atoms with van der Waals surface area (Å²) < 4.78 is 0. The van der Waals surface area contributed by atoms with Crippen molar-refractivity contribution in [2.75, 3.05) is 0 Å². The fraction of sp³-hybridized carbons (Fsp3) is 0.429. The Hall–Kier alpha value is -1.35. The van der Waals surface area contributed by atoms with Crippen molar-refractivity contribution in [1.82, 2.24) is 0 Å². The number of halogens is 1. The Morgan fingerprint density at radius 1 is 1.11 bits per heavy atom. The molecule has 1 N–H and O–H groups in total. The highest BCUT2D eigenvalue weighted by atomic mass is 35.5. The van der Waals surface area contributed by atoms with Crippen LogP contribution >= 0.6 is 11.6 Å². The van der Waals surface area contributed by atoms with E-state index in [0.29, 0.717) is 18.4 Å². The normalized spacial score (nSPS) is 18.3. The molecule has 18 heavy (non-hydrogen) atoms. The van der Waals surface area contributed by atoms with E-state index in [-0.39, 0.29) is 5.56 Å². The van der Waals surface area contributed by atoms with E-state index in [1.54, 1.807) is 18.2 Å². The van der Waals surface area contributed by atoms with Gasteiger partial charge in [0.1, 0.15) is 0 Å². The molecule has 0 aromatic heterocycles. The van der Waals surface area contributed by atoms with Crippen molar-refractivity contribution in [1.29, 1.82) is 0 Å². The number of carboxylic acids is 1. The van der Waals surface area contributed by atoms with Gasteiger partial charge in [0.05, 0.1) is 11.0 Å². The second kappa shape index (κ2) is 5.11. The Balaban J connectivity index is 2.55. The fourth-order valence-electron chi connectivity index (χ4n) is 2.81. The third-order valence-corrected chi connectivity index (χ3v) is 4.12. The molecule has 3 nitrogen and oxygen atoms in total. The van der Waals surface area contributed by atoms with E-state index in [2.05, 4.69) is 0 Å². The number of carboxylic acid groups (broad SMARTS) is 1. The lowest BCUT2D eigenvalue weighted by Crippen LogP contribution is -2.36. The molecule has 1 saturated carbocycles. The van der Waals surface area contributed by atoms with Gasteiger partial charge in [-0.15, -0.1) is 0 Å². The van der Waals surface area contributed by atoms with Crippen LogP contribution in [0.4, 0.5) is 0 Å². The van der Waals surface area contributed by atoms with Crippen molar-refractivity contribution in [3.63, 3.8) is 0 Å². The van der Waals surface area contributed by atoms with Crippen LogP contribution in [0.3, 0.4) is 0 Å². The molecule has 0 heterocycles. The molecular formula is C14H15ClO3. The number of carbonyl (C=O) groups is 2.